The molecule has 0 N–H and O–H groups in total. The van der Waals surface area contributed by atoms with Crippen molar-refractivity contribution in [3.63, 3.8) is 0 Å². The van der Waals surface area contributed by atoms with E-state index in [1.165, 1.54) is 6.42 Å². The van der Waals surface area contributed by atoms with Gasteiger partial charge in [0.15, 0.2) is 5.69 Å². The van der Waals surface area contributed by atoms with Crippen LogP contribution < -0.4 is 10.5 Å². The fraction of sp³-hybridized carbons (Fsp3) is 0.407. The SMILES string of the molecule is C1COC1.COCC1CN(c2ccc3c(=O)n(CCc4ccn5cc(C#N)nc5c4)cnc3c2)CCO1. The van der Waals surface area contributed by atoms with E-state index in [1.807, 2.05) is 40.9 Å². The van der Waals surface area contributed by atoms with Crippen LogP contribution in [0.15, 0.2) is 53.8 Å². The van der Waals surface area contributed by atoms with E-state index < -0.39 is 0 Å². The molecule has 192 valence electrons. The average molecular weight is 503 g/mol. The highest BCUT2D eigenvalue weighted by molar-refractivity contribution is 5.81. The number of fused-ring (bicyclic) bond motifs is 2. The van der Waals surface area contributed by atoms with Gasteiger partial charge in [-0.3, -0.25) is 9.36 Å². The van der Waals surface area contributed by atoms with Crippen LogP contribution in [0, 0.1) is 11.3 Å². The number of imidazole rings is 1. The van der Waals surface area contributed by atoms with E-state index in [1.54, 1.807) is 24.2 Å². The first-order valence-corrected chi connectivity index (χ1v) is 12.4. The molecule has 2 saturated heterocycles. The molecule has 0 amide bonds. The molecule has 0 bridgehead atoms. The smallest absolute Gasteiger partial charge is 0.261 e. The molecular weight excluding hydrogens is 472 g/mol. The van der Waals surface area contributed by atoms with Crippen molar-refractivity contribution >= 4 is 22.2 Å². The van der Waals surface area contributed by atoms with Gasteiger partial charge in [-0.1, -0.05) is 0 Å². The number of rotatable bonds is 6. The summed E-state index contributed by atoms with van der Waals surface area (Å²) in [5.41, 5.74) is 3.80. The summed E-state index contributed by atoms with van der Waals surface area (Å²) in [6.07, 6.45) is 7.16. The van der Waals surface area contributed by atoms with Crippen molar-refractivity contribution in [2.75, 3.05) is 51.5 Å². The van der Waals surface area contributed by atoms with Crippen molar-refractivity contribution in [3.05, 3.63) is 70.7 Å². The first kappa shape index (κ1) is 24.9. The van der Waals surface area contributed by atoms with Gasteiger partial charge in [-0.25, -0.2) is 9.97 Å². The lowest BCUT2D eigenvalue weighted by atomic mass is 10.1. The normalized spacial score (nSPS) is 17.2. The third kappa shape index (κ3) is 5.80. The fourth-order valence-electron chi connectivity index (χ4n) is 4.37. The standard InChI is InChI=1S/C24H24N6O3.C3H6O/c1-32-15-20-14-28(8-9-33-20)19-2-3-21-22(11-19)26-16-30(24(21)31)7-5-17-4-6-29-13-18(12-25)27-23(29)10-17;1-2-4-3-1/h2-4,6,10-11,13,16,20H,5,7-9,14-15H2,1H3;1-3H2. The molecule has 4 aromatic rings. The lowest BCUT2D eigenvalue weighted by Gasteiger charge is -2.34. The molecule has 2 fully saturated rings. The van der Waals surface area contributed by atoms with E-state index >= 15 is 0 Å². The molecule has 1 unspecified atom stereocenters. The minimum atomic E-state index is -0.0561. The number of aromatic nitrogens is 4. The predicted octanol–water partition coefficient (Wildman–Crippen LogP) is 2.42. The lowest BCUT2D eigenvalue weighted by Crippen LogP contribution is -2.44. The Kier molecular flexibility index (Phi) is 7.75. The summed E-state index contributed by atoms with van der Waals surface area (Å²) in [5.74, 6) is 0. The van der Waals surface area contributed by atoms with Crippen molar-refractivity contribution in [2.45, 2.75) is 25.5 Å². The molecule has 2 aliphatic heterocycles. The Labute approximate surface area is 214 Å². The Morgan fingerprint density at radius 3 is 2.81 bits per heavy atom. The van der Waals surface area contributed by atoms with Crippen molar-refractivity contribution in [1.82, 2.24) is 18.9 Å². The van der Waals surface area contributed by atoms with Gasteiger partial charge in [-0.2, -0.15) is 5.26 Å². The molecular formula is C27H30N6O4. The zero-order valence-electron chi connectivity index (χ0n) is 20.9. The first-order valence-electron chi connectivity index (χ1n) is 12.4. The number of ether oxygens (including phenoxy) is 3. The number of benzene rings is 1. The lowest BCUT2D eigenvalue weighted by molar-refractivity contribution is -0.0100. The van der Waals surface area contributed by atoms with Crippen LogP contribution in [0.5, 0.6) is 0 Å². The van der Waals surface area contributed by atoms with E-state index in [4.69, 9.17) is 19.5 Å². The van der Waals surface area contributed by atoms with E-state index in [-0.39, 0.29) is 11.7 Å². The highest BCUT2D eigenvalue weighted by atomic mass is 16.5. The summed E-state index contributed by atoms with van der Waals surface area (Å²) in [4.78, 5) is 24.1. The van der Waals surface area contributed by atoms with Crippen molar-refractivity contribution in [3.8, 4) is 6.07 Å². The molecule has 0 saturated carbocycles. The zero-order valence-corrected chi connectivity index (χ0v) is 20.9. The molecule has 2 aliphatic rings. The van der Waals surface area contributed by atoms with Crippen LogP contribution in [0.2, 0.25) is 0 Å². The number of morpholine rings is 1. The summed E-state index contributed by atoms with van der Waals surface area (Å²) in [7, 11) is 1.67. The Balaban J connectivity index is 0.000000640. The van der Waals surface area contributed by atoms with E-state index in [2.05, 4.69) is 20.9 Å². The molecule has 5 heterocycles. The minimum absolute atomic E-state index is 0.0353. The summed E-state index contributed by atoms with van der Waals surface area (Å²) < 4.78 is 19.1. The van der Waals surface area contributed by atoms with Crippen LogP contribution >= 0.6 is 0 Å². The van der Waals surface area contributed by atoms with Gasteiger partial charge >= 0.3 is 0 Å². The zero-order chi connectivity index (χ0) is 25.6. The Hall–Kier alpha value is -3.78. The van der Waals surface area contributed by atoms with Gasteiger partial charge in [-0.15, -0.1) is 0 Å². The van der Waals surface area contributed by atoms with Crippen molar-refractivity contribution in [2.24, 2.45) is 0 Å². The van der Waals surface area contributed by atoms with Crippen molar-refractivity contribution in [1.29, 1.82) is 5.26 Å². The second-order valence-electron chi connectivity index (χ2n) is 9.09. The van der Waals surface area contributed by atoms with Gasteiger partial charge in [0.25, 0.3) is 5.56 Å². The Bertz CT molecular complexity index is 1460. The maximum atomic E-state index is 13.0. The number of hydrogen-bond acceptors (Lipinski definition) is 8. The summed E-state index contributed by atoms with van der Waals surface area (Å²) in [5, 5.41) is 9.62. The number of nitrogens with zero attached hydrogens (tertiary/aromatic N) is 6. The first-order chi connectivity index (χ1) is 18.1. The highest BCUT2D eigenvalue weighted by Crippen LogP contribution is 2.21. The molecule has 10 nitrogen and oxygen atoms in total. The molecule has 0 spiro atoms. The van der Waals surface area contributed by atoms with Crippen LogP contribution in [0.1, 0.15) is 17.7 Å². The largest absolute Gasteiger partial charge is 0.382 e. The highest BCUT2D eigenvalue weighted by Gasteiger charge is 2.21. The van der Waals surface area contributed by atoms with E-state index in [0.29, 0.717) is 42.8 Å². The van der Waals surface area contributed by atoms with Crippen LogP contribution in [-0.2, 0) is 27.2 Å². The fourth-order valence-corrected chi connectivity index (χ4v) is 4.37. The van der Waals surface area contributed by atoms with Gasteiger partial charge in [0.05, 0.1) is 36.5 Å². The molecule has 3 aromatic heterocycles. The molecule has 1 aromatic carbocycles. The number of pyridine rings is 1. The molecule has 0 aliphatic carbocycles. The van der Waals surface area contributed by atoms with Gasteiger partial charge in [0.2, 0.25) is 0 Å². The van der Waals surface area contributed by atoms with Crippen LogP contribution in [0.3, 0.4) is 0 Å². The average Bonchev–Trinajstić information content (AvgIpc) is 3.30. The molecule has 10 heteroatoms. The van der Waals surface area contributed by atoms with Gasteiger partial charge < -0.3 is 23.5 Å². The Morgan fingerprint density at radius 2 is 2.05 bits per heavy atom. The topological polar surface area (TPSA) is 107 Å². The third-order valence-electron chi connectivity index (χ3n) is 6.52. The van der Waals surface area contributed by atoms with Crippen LogP contribution in [0.25, 0.3) is 16.6 Å². The Morgan fingerprint density at radius 1 is 1.22 bits per heavy atom. The summed E-state index contributed by atoms with van der Waals surface area (Å²) in [6.45, 7) is 5.24. The molecule has 37 heavy (non-hydrogen) atoms. The van der Waals surface area contributed by atoms with Gasteiger partial charge in [0, 0.05) is 58.0 Å². The summed E-state index contributed by atoms with van der Waals surface area (Å²) >= 11 is 0. The third-order valence-corrected chi connectivity index (χ3v) is 6.52. The van der Waals surface area contributed by atoms with E-state index in [0.717, 1.165) is 43.2 Å². The van der Waals surface area contributed by atoms with Crippen LogP contribution in [-0.4, -0.2) is 71.7 Å². The monoisotopic (exact) mass is 502 g/mol. The number of aryl methyl sites for hydroxylation is 2. The maximum Gasteiger partial charge on any atom is 0.261 e. The molecule has 1 atom stereocenters. The molecule has 0 radical (unpaired) electrons. The predicted molar refractivity (Wildman–Crippen MR) is 139 cm³/mol. The second kappa shape index (κ2) is 11.5. The second-order valence-corrected chi connectivity index (χ2v) is 9.09. The van der Waals surface area contributed by atoms with Gasteiger partial charge in [0.1, 0.15) is 11.7 Å². The number of methoxy groups -OCH3 is 1. The van der Waals surface area contributed by atoms with Crippen molar-refractivity contribution < 1.29 is 14.2 Å². The van der Waals surface area contributed by atoms with Crippen LogP contribution in [0.4, 0.5) is 5.69 Å². The molecule has 6 rings (SSSR count). The minimum Gasteiger partial charge on any atom is -0.382 e. The number of hydrogen-bond donors (Lipinski definition) is 0. The quantitative estimate of drug-likeness (QED) is 0.396. The number of anilines is 1. The maximum absolute atomic E-state index is 13.0. The van der Waals surface area contributed by atoms with E-state index in [9.17, 15) is 4.79 Å². The van der Waals surface area contributed by atoms with Gasteiger partial charge in [-0.05, 0) is 48.7 Å². The number of nitriles is 1. The summed E-state index contributed by atoms with van der Waals surface area (Å²) in [6, 6.07) is 11.8.